The minimum Gasteiger partial charge on any atom is -0.494 e. The van der Waals surface area contributed by atoms with Gasteiger partial charge in [0.1, 0.15) is 10.8 Å². The fraction of sp³-hybridized carbons (Fsp3) is 0.429. The van der Waals surface area contributed by atoms with Crippen LogP contribution in [0.15, 0.2) is 24.3 Å². The molecule has 0 spiro atoms. The number of benzene rings is 1. The van der Waals surface area contributed by atoms with E-state index in [4.69, 9.17) is 10.5 Å². The summed E-state index contributed by atoms with van der Waals surface area (Å²) in [6.45, 7) is 4.98. The standard InChI is InChI=1S/C21H26N2O3S/c1-3-4-11-26-15-8-6-14(7-9-15)20(25)23-21-18(19(22)24)16-10-5-13(2)12-17(16)27-21/h6-9,13H,3-5,10-12H2,1-2H3,(H2,22,24)(H,23,25)/t13-/m0/s1. The fourth-order valence-corrected chi connectivity index (χ4v) is 4.72. The molecule has 0 saturated heterocycles. The largest absolute Gasteiger partial charge is 0.494 e. The number of thiophene rings is 1. The molecule has 5 nitrogen and oxygen atoms in total. The average Bonchev–Trinajstić information content (AvgIpc) is 2.99. The molecule has 1 heterocycles. The maximum absolute atomic E-state index is 12.6. The van der Waals surface area contributed by atoms with Crippen LogP contribution in [0.25, 0.3) is 0 Å². The number of amides is 2. The summed E-state index contributed by atoms with van der Waals surface area (Å²) in [5.41, 5.74) is 7.63. The maximum Gasteiger partial charge on any atom is 0.256 e. The SMILES string of the molecule is CCCCOc1ccc(C(=O)Nc2sc3c(c2C(N)=O)CC[C@H](C)C3)cc1. The number of hydrogen-bond donors (Lipinski definition) is 2. The van der Waals surface area contributed by atoms with Crippen LogP contribution >= 0.6 is 11.3 Å². The van der Waals surface area contributed by atoms with E-state index < -0.39 is 5.91 Å². The molecule has 144 valence electrons. The van der Waals surface area contributed by atoms with Crippen molar-refractivity contribution in [2.45, 2.75) is 46.0 Å². The number of anilines is 1. The first kappa shape index (κ1) is 19.4. The summed E-state index contributed by atoms with van der Waals surface area (Å²) in [6.07, 6.45) is 4.88. The molecule has 1 aromatic heterocycles. The van der Waals surface area contributed by atoms with E-state index >= 15 is 0 Å². The summed E-state index contributed by atoms with van der Waals surface area (Å²) >= 11 is 1.48. The third-order valence-corrected chi connectivity index (χ3v) is 6.04. The minimum atomic E-state index is -0.475. The Labute approximate surface area is 163 Å². The molecule has 6 heteroatoms. The Bertz CT molecular complexity index is 827. The van der Waals surface area contributed by atoms with Crippen LogP contribution in [-0.2, 0) is 12.8 Å². The van der Waals surface area contributed by atoms with Gasteiger partial charge in [0, 0.05) is 10.4 Å². The highest BCUT2D eigenvalue weighted by Crippen LogP contribution is 2.39. The van der Waals surface area contributed by atoms with E-state index in [9.17, 15) is 9.59 Å². The lowest BCUT2D eigenvalue weighted by atomic mass is 9.88. The van der Waals surface area contributed by atoms with Crippen LogP contribution in [0.2, 0.25) is 0 Å². The van der Waals surface area contributed by atoms with Crippen LogP contribution < -0.4 is 15.8 Å². The Morgan fingerprint density at radius 3 is 2.70 bits per heavy atom. The topological polar surface area (TPSA) is 81.4 Å². The van der Waals surface area contributed by atoms with Crippen molar-refractivity contribution in [2.75, 3.05) is 11.9 Å². The van der Waals surface area contributed by atoms with Gasteiger partial charge in [0.05, 0.1) is 12.2 Å². The van der Waals surface area contributed by atoms with Gasteiger partial charge >= 0.3 is 0 Å². The molecule has 1 aliphatic rings. The van der Waals surface area contributed by atoms with E-state index in [-0.39, 0.29) is 5.91 Å². The average molecular weight is 387 g/mol. The second-order valence-corrected chi connectivity index (χ2v) is 8.21. The molecule has 1 atom stereocenters. The van der Waals surface area contributed by atoms with E-state index in [1.54, 1.807) is 24.3 Å². The first-order valence-electron chi connectivity index (χ1n) is 9.48. The number of rotatable bonds is 7. The molecule has 3 N–H and O–H groups in total. The molecular formula is C21H26N2O3S. The van der Waals surface area contributed by atoms with Crippen molar-refractivity contribution in [2.24, 2.45) is 11.7 Å². The number of unbranched alkanes of at least 4 members (excludes halogenated alkanes) is 1. The Morgan fingerprint density at radius 1 is 1.30 bits per heavy atom. The van der Waals surface area contributed by atoms with Gasteiger partial charge in [0.2, 0.25) is 0 Å². The predicted molar refractivity (Wildman–Crippen MR) is 109 cm³/mol. The Balaban J connectivity index is 1.75. The maximum atomic E-state index is 12.6. The van der Waals surface area contributed by atoms with Crippen LogP contribution in [0.4, 0.5) is 5.00 Å². The van der Waals surface area contributed by atoms with Gasteiger partial charge in [0.15, 0.2) is 0 Å². The van der Waals surface area contributed by atoms with Gasteiger partial charge in [-0.2, -0.15) is 0 Å². The number of carbonyl (C=O) groups is 2. The third kappa shape index (κ3) is 4.50. The second-order valence-electron chi connectivity index (χ2n) is 7.10. The number of primary amides is 1. The fourth-order valence-electron chi connectivity index (χ4n) is 3.31. The van der Waals surface area contributed by atoms with Crippen molar-refractivity contribution in [3.63, 3.8) is 0 Å². The van der Waals surface area contributed by atoms with Gasteiger partial charge in [-0.1, -0.05) is 20.3 Å². The van der Waals surface area contributed by atoms with E-state index in [0.717, 1.165) is 48.3 Å². The molecule has 27 heavy (non-hydrogen) atoms. The molecule has 2 aromatic rings. The van der Waals surface area contributed by atoms with Crippen molar-refractivity contribution in [3.05, 3.63) is 45.8 Å². The molecule has 3 rings (SSSR count). The van der Waals surface area contributed by atoms with Crippen LogP contribution in [-0.4, -0.2) is 18.4 Å². The van der Waals surface area contributed by atoms with Crippen molar-refractivity contribution >= 4 is 28.2 Å². The number of ether oxygens (including phenoxy) is 1. The minimum absolute atomic E-state index is 0.246. The Kier molecular flexibility index (Phi) is 6.16. The highest BCUT2D eigenvalue weighted by Gasteiger charge is 2.27. The summed E-state index contributed by atoms with van der Waals surface area (Å²) in [4.78, 5) is 25.8. The molecular weight excluding hydrogens is 360 g/mol. The third-order valence-electron chi connectivity index (χ3n) is 4.87. The molecule has 1 aliphatic carbocycles. The molecule has 0 bridgehead atoms. The first-order valence-corrected chi connectivity index (χ1v) is 10.3. The van der Waals surface area contributed by atoms with Gasteiger partial charge in [-0.25, -0.2) is 0 Å². The highest BCUT2D eigenvalue weighted by molar-refractivity contribution is 7.17. The van der Waals surface area contributed by atoms with Gasteiger partial charge < -0.3 is 15.8 Å². The molecule has 0 radical (unpaired) electrons. The lowest BCUT2D eigenvalue weighted by Crippen LogP contribution is -2.19. The second kappa shape index (κ2) is 8.57. The predicted octanol–water partition coefficient (Wildman–Crippen LogP) is 4.40. The normalized spacial score (nSPS) is 15.9. The van der Waals surface area contributed by atoms with Crippen LogP contribution in [0.5, 0.6) is 5.75 Å². The van der Waals surface area contributed by atoms with Gasteiger partial charge in [-0.15, -0.1) is 11.3 Å². The number of fused-ring (bicyclic) bond motifs is 1. The monoisotopic (exact) mass is 386 g/mol. The summed E-state index contributed by atoms with van der Waals surface area (Å²) < 4.78 is 5.62. The van der Waals surface area contributed by atoms with E-state index in [2.05, 4.69) is 19.2 Å². The van der Waals surface area contributed by atoms with Gasteiger partial charge in [0.25, 0.3) is 11.8 Å². The summed E-state index contributed by atoms with van der Waals surface area (Å²) in [5.74, 6) is 0.611. The summed E-state index contributed by atoms with van der Waals surface area (Å²) in [7, 11) is 0. The smallest absolute Gasteiger partial charge is 0.256 e. The summed E-state index contributed by atoms with van der Waals surface area (Å²) in [5, 5.41) is 3.45. The van der Waals surface area contributed by atoms with Crippen molar-refractivity contribution in [3.8, 4) is 5.75 Å². The molecule has 0 fully saturated rings. The van der Waals surface area contributed by atoms with Crippen molar-refractivity contribution in [1.82, 2.24) is 0 Å². The van der Waals surface area contributed by atoms with Crippen LogP contribution in [0.3, 0.4) is 0 Å². The number of carbonyl (C=O) groups excluding carboxylic acids is 2. The molecule has 2 amide bonds. The zero-order valence-corrected chi connectivity index (χ0v) is 16.7. The zero-order valence-electron chi connectivity index (χ0n) is 15.8. The van der Waals surface area contributed by atoms with Crippen molar-refractivity contribution < 1.29 is 14.3 Å². The number of nitrogens with two attached hydrogens (primary N) is 1. The molecule has 0 aliphatic heterocycles. The first-order chi connectivity index (χ1) is 13.0. The van der Waals surface area contributed by atoms with Crippen LogP contribution in [0, 0.1) is 5.92 Å². The lowest BCUT2D eigenvalue weighted by molar-refractivity contribution is 0.1000. The lowest BCUT2D eigenvalue weighted by Gasteiger charge is -2.18. The van der Waals surface area contributed by atoms with E-state index in [0.29, 0.717) is 28.7 Å². The van der Waals surface area contributed by atoms with Crippen LogP contribution in [0.1, 0.15) is 64.3 Å². The molecule has 1 aromatic carbocycles. The Morgan fingerprint density at radius 2 is 2.04 bits per heavy atom. The molecule has 0 unspecified atom stereocenters. The van der Waals surface area contributed by atoms with Gasteiger partial charge in [-0.3, -0.25) is 9.59 Å². The van der Waals surface area contributed by atoms with E-state index in [1.165, 1.54) is 11.3 Å². The summed E-state index contributed by atoms with van der Waals surface area (Å²) in [6, 6.07) is 7.05. The number of nitrogens with one attached hydrogen (secondary N) is 1. The van der Waals surface area contributed by atoms with Gasteiger partial charge in [-0.05, 0) is 61.4 Å². The molecule has 0 saturated carbocycles. The Hall–Kier alpha value is -2.34. The zero-order chi connectivity index (χ0) is 19.4. The highest BCUT2D eigenvalue weighted by atomic mass is 32.1. The van der Waals surface area contributed by atoms with Crippen molar-refractivity contribution in [1.29, 1.82) is 0 Å². The number of hydrogen-bond acceptors (Lipinski definition) is 4. The quantitative estimate of drug-likeness (QED) is 0.692. The van der Waals surface area contributed by atoms with E-state index in [1.807, 2.05) is 0 Å².